The van der Waals surface area contributed by atoms with Crippen molar-refractivity contribution in [3.05, 3.63) is 95.6 Å². The Kier molecular flexibility index (Phi) is 8.76. The summed E-state index contributed by atoms with van der Waals surface area (Å²) in [6.45, 7) is 2.85. The standard InChI is InChI=1S/C29H35N3O3/c1-34-26-14-12-23(13-15-26)19-31-25-18-27(29(33)30-17-16-22-8-4-3-5-9-22)32(21-25)20-24-10-6-7-11-28(24)35-2/h3-15,25,27,31H,16-21H2,1-2H3,(H,30,33)/t25-,27-/m0/s1. The third-order valence-corrected chi connectivity index (χ3v) is 6.58. The normalized spacial score (nSPS) is 17.8. The summed E-state index contributed by atoms with van der Waals surface area (Å²) in [5.41, 5.74) is 3.51. The number of hydrogen-bond acceptors (Lipinski definition) is 5. The smallest absolute Gasteiger partial charge is 0.237 e. The number of para-hydroxylation sites is 1. The summed E-state index contributed by atoms with van der Waals surface area (Å²) in [4.78, 5) is 15.5. The van der Waals surface area contributed by atoms with E-state index in [0.717, 1.165) is 43.0 Å². The van der Waals surface area contributed by atoms with Gasteiger partial charge in [0.05, 0.1) is 20.3 Å². The van der Waals surface area contributed by atoms with Crippen LogP contribution in [0, 0.1) is 0 Å². The first-order valence-electron chi connectivity index (χ1n) is 12.2. The Balaban J connectivity index is 1.40. The van der Waals surface area contributed by atoms with Gasteiger partial charge in [0.1, 0.15) is 11.5 Å². The zero-order chi connectivity index (χ0) is 24.5. The third kappa shape index (κ3) is 6.84. The van der Waals surface area contributed by atoms with Crippen LogP contribution in [-0.2, 0) is 24.3 Å². The minimum Gasteiger partial charge on any atom is -0.497 e. The van der Waals surface area contributed by atoms with Gasteiger partial charge in [-0.05, 0) is 42.2 Å². The topological polar surface area (TPSA) is 62.8 Å². The van der Waals surface area contributed by atoms with Crippen molar-refractivity contribution in [2.24, 2.45) is 0 Å². The number of benzene rings is 3. The van der Waals surface area contributed by atoms with Crippen molar-refractivity contribution in [2.45, 2.75) is 38.0 Å². The summed E-state index contributed by atoms with van der Waals surface area (Å²) >= 11 is 0. The van der Waals surface area contributed by atoms with Gasteiger partial charge in [0.2, 0.25) is 5.91 Å². The van der Waals surface area contributed by atoms with Crippen LogP contribution in [0.25, 0.3) is 0 Å². The van der Waals surface area contributed by atoms with Crippen molar-refractivity contribution < 1.29 is 14.3 Å². The largest absolute Gasteiger partial charge is 0.497 e. The number of ether oxygens (including phenoxy) is 2. The molecule has 35 heavy (non-hydrogen) atoms. The zero-order valence-corrected chi connectivity index (χ0v) is 20.6. The summed E-state index contributed by atoms with van der Waals surface area (Å²) in [5.74, 6) is 1.79. The van der Waals surface area contributed by atoms with E-state index in [1.807, 2.05) is 48.5 Å². The number of carbonyl (C=O) groups excluding carboxylic acids is 1. The monoisotopic (exact) mass is 473 g/mol. The fourth-order valence-electron chi connectivity index (χ4n) is 4.65. The second-order valence-electron chi connectivity index (χ2n) is 8.95. The highest BCUT2D eigenvalue weighted by Crippen LogP contribution is 2.26. The van der Waals surface area contributed by atoms with E-state index in [-0.39, 0.29) is 18.0 Å². The average Bonchev–Trinajstić information content (AvgIpc) is 3.31. The predicted octanol–water partition coefficient (Wildman–Crippen LogP) is 3.80. The predicted molar refractivity (Wildman–Crippen MR) is 139 cm³/mol. The molecule has 3 aromatic rings. The van der Waals surface area contributed by atoms with Crippen LogP contribution >= 0.6 is 0 Å². The molecule has 184 valence electrons. The van der Waals surface area contributed by atoms with Crippen LogP contribution in [-0.4, -0.2) is 50.2 Å². The van der Waals surface area contributed by atoms with Gasteiger partial charge in [-0.25, -0.2) is 0 Å². The van der Waals surface area contributed by atoms with Crippen LogP contribution in [0.3, 0.4) is 0 Å². The van der Waals surface area contributed by atoms with E-state index in [1.54, 1.807) is 14.2 Å². The molecular formula is C29H35N3O3. The Labute approximate surface area is 208 Å². The number of methoxy groups -OCH3 is 2. The lowest BCUT2D eigenvalue weighted by Gasteiger charge is -2.24. The minimum atomic E-state index is -0.191. The summed E-state index contributed by atoms with van der Waals surface area (Å²) in [6, 6.07) is 26.4. The first-order chi connectivity index (χ1) is 17.2. The molecule has 1 heterocycles. The second kappa shape index (κ2) is 12.4. The first kappa shape index (κ1) is 24.8. The third-order valence-electron chi connectivity index (χ3n) is 6.58. The Morgan fingerprint density at radius 2 is 1.66 bits per heavy atom. The fourth-order valence-corrected chi connectivity index (χ4v) is 4.65. The minimum absolute atomic E-state index is 0.0876. The molecule has 1 amide bonds. The van der Waals surface area contributed by atoms with Gasteiger partial charge in [-0.3, -0.25) is 9.69 Å². The van der Waals surface area contributed by atoms with Crippen LogP contribution in [0.15, 0.2) is 78.9 Å². The molecule has 4 rings (SSSR count). The molecule has 1 aliphatic heterocycles. The van der Waals surface area contributed by atoms with E-state index >= 15 is 0 Å². The van der Waals surface area contributed by atoms with E-state index in [4.69, 9.17) is 9.47 Å². The van der Waals surface area contributed by atoms with E-state index in [2.05, 4.69) is 45.9 Å². The van der Waals surface area contributed by atoms with E-state index in [0.29, 0.717) is 13.1 Å². The Bertz CT molecular complexity index is 1070. The van der Waals surface area contributed by atoms with Gasteiger partial charge < -0.3 is 20.1 Å². The zero-order valence-electron chi connectivity index (χ0n) is 20.6. The van der Waals surface area contributed by atoms with Gasteiger partial charge in [0, 0.05) is 37.8 Å². The lowest BCUT2D eigenvalue weighted by atomic mass is 10.1. The molecule has 0 aliphatic carbocycles. The molecule has 1 fully saturated rings. The maximum absolute atomic E-state index is 13.3. The van der Waals surface area contributed by atoms with Gasteiger partial charge in [-0.15, -0.1) is 0 Å². The lowest BCUT2D eigenvalue weighted by Crippen LogP contribution is -2.43. The number of amides is 1. The van der Waals surface area contributed by atoms with Crippen molar-refractivity contribution in [3.63, 3.8) is 0 Å². The Morgan fingerprint density at radius 3 is 2.40 bits per heavy atom. The highest BCUT2D eigenvalue weighted by molar-refractivity contribution is 5.82. The quantitative estimate of drug-likeness (QED) is 0.444. The van der Waals surface area contributed by atoms with Crippen LogP contribution < -0.4 is 20.1 Å². The van der Waals surface area contributed by atoms with Gasteiger partial charge >= 0.3 is 0 Å². The molecule has 2 atom stereocenters. The maximum atomic E-state index is 13.3. The molecule has 3 aromatic carbocycles. The number of likely N-dealkylation sites (tertiary alicyclic amines) is 1. The lowest BCUT2D eigenvalue weighted by molar-refractivity contribution is -0.125. The van der Waals surface area contributed by atoms with Crippen molar-refractivity contribution >= 4 is 5.91 Å². The molecule has 0 spiro atoms. The molecule has 0 saturated carbocycles. The van der Waals surface area contributed by atoms with Gasteiger partial charge in [0.15, 0.2) is 0 Å². The highest BCUT2D eigenvalue weighted by Gasteiger charge is 2.36. The molecular weight excluding hydrogens is 438 g/mol. The molecule has 0 aromatic heterocycles. The number of nitrogens with one attached hydrogen (secondary N) is 2. The van der Waals surface area contributed by atoms with Gasteiger partial charge in [0.25, 0.3) is 0 Å². The number of hydrogen-bond donors (Lipinski definition) is 2. The molecule has 1 saturated heterocycles. The van der Waals surface area contributed by atoms with E-state index in [9.17, 15) is 4.79 Å². The molecule has 1 aliphatic rings. The molecule has 6 heteroatoms. The Morgan fingerprint density at radius 1 is 0.914 bits per heavy atom. The fraction of sp³-hybridized carbons (Fsp3) is 0.345. The SMILES string of the molecule is COc1ccc(CN[C@H]2C[C@@H](C(=O)NCCc3ccccc3)N(Cc3ccccc3OC)C2)cc1. The molecule has 2 N–H and O–H groups in total. The molecule has 0 unspecified atom stereocenters. The van der Waals surface area contributed by atoms with Crippen LogP contribution in [0.1, 0.15) is 23.1 Å². The van der Waals surface area contributed by atoms with E-state index < -0.39 is 0 Å². The van der Waals surface area contributed by atoms with E-state index in [1.165, 1.54) is 11.1 Å². The van der Waals surface area contributed by atoms with Crippen LogP contribution in [0.5, 0.6) is 11.5 Å². The molecule has 6 nitrogen and oxygen atoms in total. The average molecular weight is 474 g/mol. The first-order valence-corrected chi connectivity index (χ1v) is 12.2. The maximum Gasteiger partial charge on any atom is 0.237 e. The van der Waals surface area contributed by atoms with Crippen LogP contribution in [0.4, 0.5) is 0 Å². The number of carbonyl (C=O) groups is 1. The summed E-state index contributed by atoms with van der Waals surface area (Å²) in [7, 11) is 3.36. The summed E-state index contributed by atoms with van der Waals surface area (Å²) in [5, 5.41) is 6.82. The van der Waals surface area contributed by atoms with Crippen molar-refractivity contribution in [1.29, 1.82) is 0 Å². The summed E-state index contributed by atoms with van der Waals surface area (Å²) < 4.78 is 10.8. The number of nitrogens with zero attached hydrogens (tertiary/aromatic N) is 1. The van der Waals surface area contributed by atoms with Crippen LogP contribution in [0.2, 0.25) is 0 Å². The molecule has 0 radical (unpaired) electrons. The van der Waals surface area contributed by atoms with Crippen molar-refractivity contribution in [1.82, 2.24) is 15.5 Å². The summed E-state index contributed by atoms with van der Waals surface area (Å²) in [6.07, 6.45) is 1.59. The van der Waals surface area contributed by atoms with Gasteiger partial charge in [-0.2, -0.15) is 0 Å². The Hall–Kier alpha value is -3.35. The highest BCUT2D eigenvalue weighted by atomic mass is 16.5. The van der Waals surface area contributed by atoms with Gasteiger partial charge in [-0.1, -0.05) is 60.7 Å². The second-order valence-corrected chi connectivity index (χ2v) is 8.95. The number of rotatable bonds is 11. The van der Waals surface area contributed by atoms with Crippen molar-refractivity contribution in [2.75, 3.05) is 27.3 Å². The molecule has 0 bridgehead atoms. The van der Waals surface area contributed by atoms with Crippen molar-refractivity contribution in [3.8, 4) is 11.5 Å².